The molecule has 4 nitrogen and oxygen atoms in total. The Morgan fingerprint density at radius 1 is 1.53 bits per heavy atom. The number of rotatable bonds is 1. The van der Waals surface area contributed by atoms with E-state index in [4.69, 9.17) is 4.52 Å². The highest BCUT2D eigenvalue weighted by Gasteiger charge is 2.29. The van der Waals surface area contributed by atoms with Crippen LogP contribution in [0.5, 0.6) is 0 Å². The van der Waals surface area contributed by atoms with E-state index < -0.39 is 0 Å². The van der Waals surface area contributed by atoms with E-state index in [1.165, 1.54) is 6.20 Å². The summed E-state index contributed by atoms with van der Waals surface area (Å²) in [5.74, 6) is 1.27. The average molecular weight is 210 g/mol. The molecule has 0 bridgehead atoms. The zero-order valence-corrected chi connectivity index (χ0v) is 9.78. The summed E-state index contributed by atoms with van der Waals surface area (Å²) in [6.45, 7) is 9.58. The lowest BCUT2D eigenvalue weighted by atomic mass is 10.0. The molecule has 0 saturated carbocycles. The Bertz CT molecular complexity index is 327. The van der Waals surface area contributed by atoms with Crippen LogP contribution in [-0.2, 0) is 0 Å². The topological polar surface area (TPSA) is 46.3 Å². The molecule has 1 saturated heterocycles. The van der Waals surface area contributed by atoms with Crippen molar-refractivity contribution in [1.29, 1.82) is 0 Å². The van der Waals surface area contributed by atoms with Crippen molar-refractivity contribution in [3.05, 3.63) is 17.5 Å². The molecule has 2 rings (SSSR count). The second kappa shape index (κ2) is 4.96. The van der Waals surface area contributed by atoms with Crippen molar-refractivity contribution in [2.75, 3.05) is 13.1 Å². The highest BCUT2D eigenvalue weighted by Crippen LogP contribution is 2.19. The summed E-state index contributed by atoms with van der Waals surface area (Å²) in [5.41, 5.74) is 0.590. The third kappa shape index (κ3) is 2.37. The summed E-state index contributed by atoms with van der Waals surface area (Å²) in [4.78, 5) is 13.5. The molecular weight excluding hydrogens is 192 g/mol. The van der Waals surface area contributed by atoms with Crippen LogP contribution < -0.4 is 0 Å². The van der Waals surface area contributed by atoms with E-state index in [9.17, 15) is 4.79 Å². The van der Waals surface area contributed by atoms with Gasteiger partial charge in [-0.15, -0.1) is 0 Å². The second-order valence-corrected chi connectivity index (χ2v) is 3.61. The van der Waals surface area contributed by atoms with Gasteiger partial charge in [-0.25, -0.2) is 0 Å². The van der Waals surface area contributed by atoms with Crippen molar-refractivity contribution < 1.29 is 9.32 Å². The molecule has 2 heterocycles. The van der Waals surface area contributed by atoms with Gasteiger partial charge in [0.1, 0.15) is 11.3 Å². The zero-order valence-electron chi connectivity index (χ0n) is 9.78. The van der Waals surface area contributed by atoms with Gasteiger partial charge in [-0.05, 0) is 12.8 Å². The maximum absolute atomic E-state index is 11.7. The van der Waals surface area contributed by atoms with Gasteiger partial charge in [0, 0.05) is 13.1 Å². The number of likely N-dealkylation sites (tertiary alicyclic amines) is 1. The SMILES string of the molecule is CC.Cc1oncc1C(=O)N1CC(C)C1. The molecule has 0 aromatic carbocycles. The minimum absolute atomic E-state index is 0.0388. The third-order valence-corrected chi connectivity index (χ3v) is 2.33. The van der Waals surface area contributed by atoms with E-state index >= 15 is 0 Å². The van der Waals surface area contributed by atoms with Gasteiger partial charge in [-0.2, -0.15) is 0 Å². The predicted octanol–water partition coefficient (Wildman–Crippen LogP) is 2.10. The first-order valence-corrected chi connectivity index (χ1v) is 5.39. The van der Waals surface area contributed by atoms with E-state index in [0.29, 0.717) is 17.2 Å². The molecule has 84 valence electrons. The number of amides is 1. The summed E-state index contributed by atoms with van der Waals surface area (Å²) >= 11 is 0. The number of carbonyl (C=O) groups is 1. The van der Waals surface area contributed by atoms with E-state index in [1.54, 1.807) is 6.92 Å². The van der Waals surface area contributed by atoms with Crippen LogP contribution in [0.3, 0.4) is 0 Å². The highest BCUT2D eigenvalue weighted by molar-refractivity contribution is 5.95. The first kappa shape index (κ1) is 11.8. The Morgan fingerprint density at radius 2 is 2.13 bits per heavy atom. The molecule has 15 heavy (non-hydrogen) atoms. The zero-order chi connectivity index (χ0) is 11.4. The Balaban J connectivity index is 0.000000531. The molecule has 1 fully saturated rings. The molecule has 1 amide bonds. The molecule has 0 aliphatic carbocycles. The molecular formula is C11H18N2O2. The summed E-state index contributed by atoms with van der Waals surface area (Å²) in [6.07, 6.45) is 1.49. The molecule has 1 aliphatic rings. The van der Waals surface area contributed by atoms with Gasteiger partial charge in [0.15, 0.2) is 0 Å². The van der Waals surface area contributed by atoms with Gasteiger partial charge >= 0.3 is 0 Å². The van der Waals surface area contributed by atoms with Gasteiger partial charge in [-0.1, -0.05) is 25.9 Å². The van der Waals surface area contributed by atoms with Crippen LogP contribution >= 0.6 is 0 Å². The third-order valence-electron chi connectivity index (χ3n) is 2.33. The summed E-state index contributed by atoms with van der Waals surface area (Å²) in [5, 5.41) is 3.58. The second-order valence-electron chi connectivity index (χ2n) is 3.61. The van der Waals surface area contributed by atoms with Crippen LogP contribution in [0.15, 0.2) is 10.7 Å². The molecule has 1 aromatic rings. The van der Waals surface area contributed by atoms with Crippen molar-refractivity contribution in [2.45, 2.75) is 27.7 Å². The maximum atomic E-state index is 11.7. The Kier molecular flexibility index (Phi) is 3.88. The fourth-order valence-corrected chi connectivity index (χ4v) is 1.54. The van der Waals surface area contributed by atoms with Gasteiger partial charge < -0.3 is 9.42 Å². The van der Waals surface area contributed by atoms with Gasteiger partial charge in [0.05, 0.1) is 6.20 Å². The first-order chi connectivity index (χ1) is 7.18. The van der Waals surface area contributed by atoms with E-state index in [2.05, 4.69) is 12.1 Å². The van der Waals surface area contributed by atoms with Crippen LogP contribution in [0.25, 0.3) is 0 Å². The quantitative estimate of drug-likeness (QED) is 0.713. The fraction of sp³-hybridized carbons (Fsp3) is 0.636. The Labute approximate surface area is 90.2 Å². The van der Waals surface area contributed by atoms with Gasteiger partial charge in [0.2, 0.25) is 0 Å². The Morgan fingerprint density at radius 3 is 2.53 bits per heavy atom. The van der Waals surface area contributed by atoms with Crippen LogP contribution in [0.2, 0.25) is 0 Å². The molecule has 0 N–H and O–H groups in total. The molecule has 1 aromatic heterocycles. The smallest absolute Gasteiger partial charge is 0.259 e. The highest BCUT2D eigenvalue weighted by atomic mass is 16.5. The molecule has 0 atom stereocenters. The van der Waals surface area contributed by atoms with Crippen LogP contribution in [-0.4, -0.2) is 29.1 Å². The fourth-order valence-electron chi connectivity index (χ4n) is 1.54. The van der Waals surface area contributed by atoms with Crippen molar-refractivity contribution in [3.63, 3.8) is 0 Å². The molecule has 1 aliphatic heterocycles. The number of carbonyl (C=O) groups excluding carboxylic acids is 1. The first-order valence-electron chi connectivity index (χ1n) is 5.39. The van der Waals surface area contributed by atoms with Crippen LogP contribution in [0, 0.1) is 12.8 Å². The van der Waals surface area contributed by atoms with Crippen LogP contribution in [0.1, 0.15) is 36.9 Å². The average Bonchev–Trinajstić information content (AvgIpc) is 2.62. The van der Waals surface area contributed by atoms with E-state index in [0.717, 1.165) is 13.1 Å². The molecule has 0 radical (unpaired) electrons. The number of aryl methyl sites for hydroxylation is 1. The number of aromatic nitrogens is 1. The summed E-state index contributed by atoms with van der Waals surface area (Å²) in [7, 11) is 0. The number of nitrogens with zero attached hydrogens (tertiary/aromatic N) is 2. The largest absolute Gasteiger partial charge is 0.361 e. The lowest BCUT2D eigenvalue weighted by molar-refractivity contribution is 0.0528. The van der Waals surface area contributed by atoms with Crippen molar-refractivity contribution >= 4 is 5.91 Å². The minimum Gasteiger partial charge on any atom is -0.361 e. The van der Waals surface area contributed by atoms with E-state index in [-0.39, 0.29) is 5.91 Å². The molecule has 0 spiro atoms. The monoisotopic (exact) mass is 210 g/mol. The summed E-state index contributed by atoms with van der Waals surface area (Å²) < 4.78 is 4.83. The van der Waals surface area contributed by atoms with Gasteiger partial charge in [0.25, 0.3) is 5.91 Å². The molecule has 4 heteroatoms. The Hall–Kier alpha value is -1.32. The molecule has 0 unspecified atom stereocenters. The lowest BCUT2D eigenvalue weighted by Gasteiger charge is -2.36. The maximum Gasteiger partial charge on any atom is 0.259 e. The normalized spacial score (nSPS) is 15.3. The minimum atomic E-state index is 0.0388. The van der Waals surface area contributed by atoms with Crippen molar-refractivity contribution in [3.8, 4) is 0 Å². The summed E-state index contributed by atoms with van der Waals surface area (Å²) in [6, 6.07) is 0. The number of hydrogen-bond donors (Lipinski definition) is 0. The predicted molar refractivity (Wildman–Crippen MR) is 57.7 cm³/mol. The van der Waals surface area contributed by atoms with E-state index in [1.807, 2.05) is 18.7 Å². The van der Waals surface area contributed by atoms with Crippen LogP contribution in [0.4, 0.5) is 0 Å². The lowest BCUT2D eigenvalue weighted by Crippen LogP contribution is -2.48. The van der Waals surface area contributed by atoms with Gasteiger partial charge in [-0.3, -0.25) is 4.79 Å². The van der Waals surface area contributed by atoms with Crippen molar-refractivity contribution in [2.24, 2.45) is 5.92 Å². The van der Waals surface area contributed by atoms with Crippen molar-refractivity contribution in [1.82, 2.24) is 10.1 Å². The number of hydrogen-bond acceptors (Lipinski definition) is 3. The standard InChI is InChI=1S/C9H12N2O2.C2H6/c1-6-4-11(5-6)9(12)8-3-10-13-7(8)2;1-2/h3,6H,4-5H2,1-2H3;1-2H3.